The van der Waals surface area contributed by atoms with E-state index in [0.29, 0.717) is 21.5 Å². The summed E-state index contributed by atoms with van der Waals surface area (Å²) in [6.45, 7) is 0. The molecular weight excluding hydrogens is 242 g/mol. The summed E-state index contributed by atoms with van der Waals surface area (Å²) in [5.41, 5.74) is 0.803. The fraction of sp³-hybridized carbons (Fsp3) is 0.300. The minimum Gasteiger partial charge on any atom is -0.299 e. The molecule has 0 amide bonds. The lowest BCUT2D eigenvalue weighted by Gasteiger charge is -2.25. The lowest BCUT2D eigenvalue weighted by atomic mass is 9.79. The highest BCUT2D eigenvalue weighted by Crippen LogP contribution is 2.40. The minimum atomic E-state index is -0.0720. The van der Waals surface area contributed by atoms with Gasteiger partial charge in [-0.25, -0.2) is 0 Å². The van der Waals surface area contributed by atoms with E-state index in [2.05, 4.69) is 0 Å². The number of rotatable bonds is 1. The number of ketones is 1. The van der Waals surface area contributed by atoms with Gasteiger partial charge >= 0.3 is 0 Å². The van der Waals surface area contributed by atoms with Gasteiger partial charge in [0, 0.05) is 17.4 Å². The van der Waals surface area contributed by atoms with Crippen LogP contribution in [0.2, 0.25) is 15.1 Å². The van der Waals surface area contributed by atoms with E-state index < -0.39 is 0 Å². The molecule has 0 bridgehead atoms. The zero-order valence-electron chi connectivity index (χ0n) is 7.19. The van der Waals surface area contributed by atoms with Crippen LogP contribution in [0.3, 0.4) is 0 Å². The van der Waals surface area contributed by atoms with Crippen LogP contribution in [0.4, 0.5) is 0 Å². The zero-order valence-corrected chi connectivity index (χ0v) is 9.46. The molecule has 1 nitrogen and oxygen atoms in total. The molecule has 74 valence electrons. The number of Topliss-reactive ketones (excluding diaryl/α,β-unsaturated/α-hetero) is 1. The maximum atomic E-state index is 11.2. The highest BCUT2D eigenvalue weighted by molar-refractivity contribution is 6.43. The molecular formula is C10H7Cl3O. The van der Waals surface area contributed by atoms with Crippen LogP contribution in [0, 0.1) is 0 Å². The van der Waals surface area contributed by atoms with Gasteiger partial charge in [0.25, 0.3) is 0 Å². The van der Waals surface area contributed by atoms with Crippen molar-refractivity contribution in [3.8, 4) is 0 Å². The largest absolute Gasteiger partial charge is 0.299 e. The smallest absolute Gasteiger partial charge is 0.140 e. The summed E-state index contributed by atoms with van der Waals surface area (Å²) in [4.78, 5) is 11.2. The van der Waals surface area contributed by atoms with E-state index in [4.69, 9.17) is 34.8 Å². The van der Waals surface area contributed by atoms with E-state index in [-0.39, 0.29) is 11.7 Å². The Kier molecular flexibility index (Phi) is 2.74. The van der Waals surface area contributed by atoms with Crippen molar-refractivity contribution >= 4 is 40.6 Å². The van der Waals surface area contributed by atoms with Gasteiger partial charge in [-0.15, -0.1) is 0 Å². The minimum absolute atomic E-state index is 0.0720. The van der Waals surface area contributed by atoms with Crippen LogP contribution >= 0.6 is 34.8 Å². The Morgan fingerprint density at radius 3 is 2.21 bits per heavy atom. The summed E-state index contributed by atoms with van der Waals surface area (Å²) in [5.74, 6) is 0.155. The predicted molar refractivity (Wildman–Crippen MR) is 58.5 cm³/mol. The molecule has 1 saturated carbocycles. The van der Waals surface area contributed by atoms with E-state index in [9.17, 15) is 4.79 Å². The molecule has 0 aliphatic heterocycles. The summed E-state index contributed by atoms with van der Waals surface area (Å²) in [6, 6.07) is 3.28. The fourth-order valence-electron chi connectivity index (χ4n) is 1.54. The van der Waals surface area contributed by atoms with Crippen molar-refractivity contribution in [2.75, 3.05) is 0 Å². The lowest BCUT2D eigenvalue weighted by Crippen LogP contribution is -2.23. The first-order chi connectivity index (χ1) is 6.59. The van der Waals surface area contributed by atoms with E-state index >= 15 is 0 Å². The highest BCUT2D eigenvalue weighted by atomic mass is 35.5. The van der Waals surface area contributed by atoms with Crippen LogP contribution in [0.5, 0.6) is 0 Å². The molecule has 0 spiro atoms. The molecule has 2 rings (SSSR count). The number of benzene rings is 1. The van der Waals surface area contributed by atoms with Crippen LogP contribution in [0.25, 0.3) is 0 Å². The van der Waals surface area contributed by atoms with E-state index in [1.54, 1.807) is 12.1 Å². The van der Waals surface area contributed by atoms with Crippen LogP contribution < -0.4 is 0 Å². The number of hydrogen-bond acceptors (Lipinski definition) is 1. The lowest BCUT2D eigenvalue weighted by molar-refractivity contribution is -0.125. The molecule has 0 saturated heterocycles. The molecule has 4 heteroatoms. The van der Waals surface area contributed by atoms with Gasteiger partial charge in [-0.05, 0) is 24.1 Å². The molecule has 0 aromatic heterocycles. The van der Waals surface area contributed by atoms with Crippen LogP contribution in [0.1, 0.15) is 24.3 Å². The second kappa shape index (κ2) is 3.73. The van der Waals surface area contributed by atoms with Crippen molar-refractivity contribution in [2.24, 2.45) is 0 Å². The molecule has 14 heavy (non-hydrogen) atoms. The van der Waals surface area contributed by atoms with Gasteiger partial charge in [0.05, 0.1) is 10.0 Å². The van der Waals surface area contributed by atoms with Crippen LogP contribution in [-0.2, 0) is 4.79 Å². The Hall–Kier alpha value is -0.240. The SMILES string of the molecule is O=C1CCC1c1cc(Cl)c(Cl)cc1Cl. The van der Waals surface area contributed by atoms with Gasteiger partial charge in [-0.2, -0.15) is 0 Å². The van der Waals surface area contributed by atoms with Crippen molar-refractivity contribution in [2.45, 2.75) is 18.8 Å². The van der Waals surface area contributed by atoms with E-state index in [0.717, 1.165) is 12.0 Å². The van der Waals surface area contributed by atoms with Gasteiger partial charge in [0.2, 0.25) is 0 Å². The first-order valence-corrected chi connectivity index (χ1v) is 5.40. The monoisotopic (exact) mass is 248 g/mol. The first-order valence-electron chi connectivity index (χ1n) is 4.26. The van der Waals surface area contributed by atoms with Crippen molar-refractivity contribution in [1.29, 1.82) is 0 Å². The second-order valence-corrected chi connectivity index (χ2v) is 4.57. The molecule has 0 radical (unpaired) electrons. The van der Waals surface area contributed by atoms with Crippen LogP contribution in [-0.4, -0.2) is 5.78 Å². The van der Waals surface area contributed by atoms with Crippen LogP contribution in [0.15, 0.2) is 12.1 Å². The normalized spacial score (nSPS) is 20.8. The van der Waals surface area contributed by atoms with E-state index in [1.165, 1.54) is 0 Å². The molecule has 1 aromatic carbocycles. The Morgan fingerprint density at radius 2 is 1.71 bits per heavy atom. The van der Waals surface area contributed by atoms with Crippen molar-refractivity contribution in [1.82, 2.24) is 0 Å². The highest BCUT2D eigenvalue weighted by Gasteiger charge is 2.31. The molecule has 0 heterocycles. The quantitative estimate of drug-likeness (QED) is 0.685. The average Bonchev–Trinajstić information content (AvgIpc) is 2.12. The van der Waals surface area contributed by atoms with Gasteiger partial charge in [-0.3, -0.25) is 4.79 Å². The number of carbonyl (C=O) groups excluding carboxylic acids is 1. The molecule has 1 atom stereocenters. The van der Waals surface area contributed by atoms with E-state index in [1.807, 2.05) is 0 Å². The number of halogens is 3. The third-order valence-electron chi connectivity index (χ3n) is 2.48. The van der Waals surface area contributed by atoms with Gasteiger partial charge < -0.3 is 0 Å². The van der Waals surface area contributed by atoms with Crippen molar-refractivity contribution in [3.63, 3.8) is 0 Å². The first kappa shape index (κ1) is 10.3. The molecule has 0 N–H and O–H groups in total. The second-order valence-electron chi connectivity index (χ2n) is 3.35. The third-order valence-corrected chi connectivity index (χ3v) is 3.53. The maximum Gasteiger partial charge on any atom is 0.140 e. The molecule has 1 fully saturated rings. The van der Waals surface area contributed by atoms with Gasteiger partial charge in [-0.1, -0.05) is 34.8 Å². The van der Waals surface area contributed by atoms with Gasteiger partial charge in [0.1, 0.15) is 5.78 Å². The third kappa shape index (κ3) is 1.65. The Balaban J connectivity index is 2.43. The molecule has 1 aliphatic rings. The Bertz CT molecular complexity index is 401. The molecule has 1 aromatic rings. The summed E-state index contributed by atoms with van der Waals surface area (Å²) >= 11 is 17.6. The Morgan fingerprint density at radius 1 is 1.07 bits per heavy atom. The number of carbonyl (C=O) groups is 1. The molecule has 1 unspecified atom stereocenters. The molecule has 1 aliphatic carbocycles. The standard InChI is InChI=1S/C10H7Cl3O/c11-7-4-9(13)8(12)3-6(7)5-1-2-10(5)14/h3-5H,1-2H2. The fourth-order valence-corrected chi connectivity index (χ4v) is 2.23. The summed E-state index contributed by atoms with van der Waals surface area (Å²) in [6.07, 6.45) is 1.50. The number of hydrogen-bond donors (Lipinski definition) is 0. The maximum absolute atomic E-state index is 11.2. The topological polar surface area (TPSA) is 17.1 Å². The van der Waals surface area contributed by atoms with Gasteiger partial charge in [0.15, 0.2) is 0 Å². The average molecular weight is 250 g/mol. The zero-order chi connectivity index (χ0) is 10.3. The Labute approximate surface area is 97.0 Å². The summed E-state index contributed by atoms with van der Waals surface area (Å²) < 4.78 is 0. The van der Waals surface area contributed by atoms with Crippen molar-refractivity contribution < 1.29 is 4.79 Å². The predicted octanol–water partition coefficient (Wildman–Crippen LogP) is 4.09. The van der Waals surface area contributed by atoms with Crippen molar-refractivity contribution in [3.05, 3.63) is 32.8 Å². The summed E-state index contributed by atoms with van der Waals surface area (Å²) in [5, 5.41) is 1.40. The summed E-state index contributed by atoms with van der Waals surface area (Å²) in [7, 11) is 0.